The number of hydrogen-bond donors (Lipinski definition) is 1. The molecule has 0 aliphatic rings. The van der Waals surface area contributed by atoms with Crippen molar-refractivity contribution in [3.63, 3.8) is 0 Å². The van der Waals surface area contributed by atoms with Crippen LogP contribution < -0.4 is 5.32 Å². The van der Waals surface area contributed by atoms with E-state index in [1.54, 1.807) is 30.3 Å². The summed E-state index contributed by atoms with van der Waals surface area (Å²) in [6, 6.07) is 10.9. The van der Waals surface area contributed by atoms with Crippen molar-refractivity contribution in [3.05, 3.63) is 70.6 Å². The van der Waals surface area contributed by atoms with E-state index in [0.29, 0.717) is 21.5 Å². The highest BCUT2D eigenvalue weighted by atomic mass is 35.5. The molecule has 0 saturated carbocycles. The fourth-order valence-electron chi connectivity index (χ4n) is 2.52. The van der Waals surface area contributed by atoms with Gasteiger partial charge in [-0.15, -0.1) is 0 Å². The third kappa shape index (κ3) is 3.16. The van der Waals surface area contributed by atoms with Gasteiger partial charge in [0.2, 0.25) is 5.91 Å². The Morgan fingerprint density at radius 3 is 2.54 bits per heavy atom. The van der Waals surface area contributed by atoms with Gasteiger partial charge in [-0.1, -0.05) is 29.8 Å². The number of carbonyl (C=O) groups is 2. The summed E-state index contributed by atoms with van der Waals surface area (Å²) in [5, 5.41) is 3.91. The minimum absolute atomic E-state index is 0.208. The number of halogens is 2. The van der Waals surface area contributed by atoms with Crippen molar-refractivity contribution in [1.29, 1.82) is 0 Å². The third-order valence-corrected chi connectivity index (χ3v) is 3.95. The van der Waals surface area contributed by atoms with Gasteiger partial charge in [-0.25, -0.2) is 4.39 Å². The Balaban J connectivity index is 1.89. The van der Waals surface area contributed by atoms with Gasteiger partial charge in [-0.2, -0.15) is 0 Å². The summed E-state index contributed by atoms with van der Waals surface area (Å²) < 4.78 is 14.3. The Morgan fingerprint density at radius 1 is 1.17 bits per heavy atom. The Morgan fingerprint density at radius 2 is 1.88 bits per heavy atom. The molecule has 6 heteroatoms. The Bertz CT molecular complexity index is 932. The van der Waals surface area contributed by atoms with Crippen LogP contribution in [-0.2, 0) is 6.54 Å². The number of benzene rings is 2. The van der Waals surface area contributed by atoms with E-state index in [9.17, 15) is 14.0 Å². The number of rotatable bonds is 3. The zero-order chi connectivity index (χ0) is 17.3. The summed E-state index contributed by atoms with van der Waals surface area (Å²) in [7, 11) is 0. The fraction of sp³-hybridized carbons (Fsp3) is 0.111. The molecule has 1 heterocycles. The predicted octanol–water partition coefficient (Wildman–Crippen LogP) is 4.02. The summed E-state index contributed by atoms with van der Waals surface area (Å²) in [6.45, 7) is 1.68. The predicted molar refractivity (Wildman–Crippen MR) is 90.8 cm³/mol. The first kappa shape index (κ1) is 16.2. The molecule has 0 bridgehead atoms. The molecule has 3 aromatic rings. The van der Waals surface area contributed by atoms with Crippen molar-refractivity contribution in [2.75, 3.05) is 0 Å². The quantitative estimate of drug-likeness (QED) is 0.780. The summed E-state index contributed by atoms with van der Waals surface area (Å²) >= 11 is 5.98. The maximum absolute atomic E-state index is 12.9. The van der Waals surface area contributed by atoms with Gasteiger partial charge in [-0.05, 0) is 29.8 Å². The molecule has 1 aromatic heterocycles. The van der Waals surface area contributed by atoms with Gasteiger partial charge < -0.3 is 5.32 Å². The van der Waals surface area contributed by atoms with Gasteiger partial charge in [0.15, 0.2) is 0 Å². The van der Waals surface area contributed by atoms with E-state index in [4.69, 9.17) is 11.6 Å². The lowest BCUT2D eigenvalue weighted by molar-refractivity contribution is 0.0941. The maximum Gasteiger partial charge on any atom is 0.253 e. The second-order valence-electron chi connectivity index (χ2n) is 5.40. The van der Waals surface area contributed by atoms with Crippen molar-refractivity contribution in [1.82, 2.24) is 9.88 Å². The number of fused-ring (bicyclic) bond motifs is 1. The molecular weight excluding hydrogens is 331 g/mol. The zero-order valence-corrected chi connectivity index (χ0v) is 13.6. The van der Waals surface area contributed by atoms with E-state index in [0.717, 1.165) is 5.56 Å². The van der Waals surface area contributed by atoms with Gasteiger partial charge in [0.25, 0.3) is 5.91 Å². The Kier molecular flexibility index (Phi) is 4.36. The van der Waals surface area contributed by atoms with Gasteiger partial charge in [0, 0.05) is 30.1 Å². The number of carbonyl (C=O) groups excluding carboxylic acids is 2. The topological polar surface area (TPSA) is 51.1 Å². The van der Waals surface area contributed by atoms with E-state index in [-0.39, 0.29) is 24.2 Å². The zero-order valence-electron chi connectivity index (χ0n) is 12.8. The van der Waals surface area contributed by atoms with Crippen LogP contribution in [0.2, 0.25) is 5.02 Å². The average Bonchev–Trinajstić information content (AvgIpc) is 2.93. The van der Waals surface area contributed by atoms with E-state index in [2.05, 4.69) is 5.32 Å². The molecule has 0 radical (unpaired) electrons. The highest BCUT2D eigenvalue weighted by Gasteiger charge is 2.17. The molecule has 3 rings (SSSR count). The molecule has 1 N–H and O–H groups in total. The minimum atomic E-state index is -0.327. The number of nitrogens with one attached hydrogen (secondary N) is 1. The summed E-state index contributed by atoms with van der Waals surface area (Å²) in [5.74, 6) is -0.849. The van der Waals surface area contributed by atoms with Crippen LogP contribution in [0.5, 0.6) is 0 Å². The molecule has 122 valence electrons. The lowest BCUT2D eigenvalue weighted by Gasteiger charge is -2.04. The third-order valence-electron chi connectivity index (χ3n) is 3.72. The largest absolute Gasteiger partial charge is 0.348 e. The maximum atomic E-state index is 12.9. The van der Waals surface area contributed by atoms with Crippen molar-refractivity contribution in [2.24, 2.45) is 0 Å². The van der Waals surface area contributed by atoms with E-state index in [1.807, 2.05) is 0 Å². The smallest absolute Gasteiger partial charge is 0.253 e. The van der Waals surface area contributed by atoms with Gasteiger partial charge in [-0.3, -0.25) is 14.2 Å². The van der Waals surface area contributed by atoms with Crippen LogP contribution in [0.4, 0.5) is 4.39 Å². The molecule has 0 aliphatic heterocycles. The number of nitrogens with zero attached hydrogens (tertiary/aromatic N) is 1. The van der Waals surface area contributed by atoms with Crippen molar-refractivity contribution in [3.8, 4) is 0 Å². The first-order valence-electron chi connectivity index (χ1n) is 7.30. The molecule has 24 heavy (non-hydrogen) atoms. The average molecular weight is 345 g/mol. The number of aromatic nitrogens is 1. The Hall–Kier alpha value is -2.66. The first-order chi connectivity index (χ1) is 11.5. The Labute approximate surface area is 142 Å². The summed E-state index contributed by atoms with van der Waals surface area (Å²) in [6.07, 6.45) is 1.50. The molecule has 0 saturated heterocycles. The molecule has 4 nitrogen and oxygen atoms in total. The van der Waals surface area contributed by atoms with Crippen LogP contribution >= 0.6 is 11.6 Å². The number of amides is 1. The van der Waals surface area contributed by atoms with E-state index >= 15 is 0 Å². The molecule has 1 amide bonds. The van der Waals surface area contributed by atoms with Crippen LogP contribution in [0.25, 0.3) is 10.9 Å². The van der Waals surface area contributed by atoms with Gasteiger partial charge in [0.05, 0.1) is 11.1 Å². The summed E-state index contributed by atoms with van der Waals surface area (Å²) in [4.78, 5) is 24.2. The normalized spacial score (nSPS) is 10.8. The van der Waals surface area contributed by atoms with Crippen LogP contribution in [0.1, 0.15) is 27.6 Å². The van der Waals surface area contributed by atoms with Gasteiger partial charge in [0.1, 0.15) is 5.82 Å². The molecule has 0 atom stereocenters. The van der Waals surface area contributed by atoms with Crippen molar-refractivity contribution < 1.29 is 14.0 Å². The highest BCUT2D eigenvalue weighted by molar-refractivity contribution is 6.31. The standard InChI is InChI=1S/C18H14ClFN2O2/c1-11(23)22-10-16(15-7-4-13(19)8-17(15)22)18(24)21-9-12-2-5-14(20)6-3-12/h2-8,10H,9H2,1H3,(H,21,24). The van der Waals surface area contributed by atoms with E-state index < -0.39 is 0 Å². The second kappa shape index (κ2) is 6.45. The lowest BCUT2D eigenvalue weighted by atomic mass is 10.1. The monoisotopic (exact) mass is 344 g/mol. The van der Waals surface area contributed by atoms with Crippen LogP contribution in [-0.4, -0.2) is 16.4 Å². The van der Waals surface area contributed by atoms with Crippen molar-refractivity contribution in [2.45, 2.75) is 13.5 Å². The fourth-order valence-corrected chi connectivity index (χ4v) is 2.69. The second-order valence-corrected chi connectivity index (χ2v) is 5.84. The SMILES string of the molecule is CC(=O)n1cc(C(=O)NCc2ccc(F)cc2)c2ccc(Cl)cc21. The number of hydrogen-bond acceptors (Lipinski definition) is 2. The molecule has 0 aliphatic carbocycles. The van der Waals surface area contributed by atoms with Crippen LogP contribution in [0.3, 0.4) is 0 Å². The molecular formula is C18H14ClFN2O2. The molecule has 0 unspecified atom stereocenters. The van der Waals surface area contributed by atoms with Crippen LogP contribution in [0, 0.1) is 5.82 Å². The van der Waals surface area contributed by atoms with Crippen LogP contribution in [0.15, 0.2) is 48.7 Å². The molecule has 0 spiro atoms. The van der Waals surface area contributed by atoms with Crippen molar-refractivity contribution >= 4 is 34.3 Å². The molecule has 0 fully saturated rings. The molecule has 2 aromatic carbocycles. The van der Waals surface area contributed by atoms with Gasteiger partial charge >= 0.3 is 0 Å². The van der Waals surface area contributed by atoms with E-state index in [1.165, 1.54) is 29.8 Å². The summed E-state index contributed by atoms with van der Waals surface area (Å²) in [5.41, 5.74) is 1.75. The lowest BCUT2D eigenvalue weighted by Crippen LogP contribution is -2.22. The highest BCUT2D eigenvalue weighted by Crippen LogP contribution is 2.25. The first-order valence-corrected chi connectivity index (χ1v) is 7.67. The minimum Gasteiger partial charge on any atom is -0.348 e.